The molecule has 2 aliphatic rings. The number of ether oxygens (including phenoxy) is 4. The van der Waals surface area contributed by atoms with Crippen LogP contribution in [0.4, 0.5) is 0 Å². The Labute approximate surface area is 192 Å². The summed E-state index contributed by atoms with van der Waals surface area (Å²) in [5.74, 6) is -2.95. The number of hydrogen-bond acceptors (Lipinski definition) is 9. The molecule has 0 unspecified atom stereocenters. The van der Waals surface area contributed by atoms with Crippen molar-refractivity contribution in [2.75, 3.05) is 13.2 Å². The van der Waals surface area contributed by atoms with E-state index in [4.69, 9.17) is 24.1 Å². The molecule has 1 aliphatic carbocycles. The van der Waals surface area contributed by atoms with Crippen LogP contribution in [-0.4, -0.2) is 60.5 Å². The van der Waals surface area contributed by atoms with Gasteiger partial charge in [0.2, 0.25) is 0 Å². The maximum Gasteiger partial charge on any atom is 0.334 e. The lowest BCUT2D eigenvalue weighted by molar-refractivity contribution is -0.148. The molecule has 0 saturated carbocycles. The Balaban J connectivity index is 2.50. The van der Waals surface area contributed by atoms with Crippen LogP contribution in [0.3, 0.4) is 0 Å². The summed E-state index contributed by atoms with van der Waals surface area (Å²) in [7, 11) is 0. The van der Waals surface area contributed by atoms with Crippen molar-refractivity contribution >= 4 is 23.9 Å². The molecule has 2 rings (SSSR count). The van der Waals surface area contributed by atoms with Crippen LogP contribution in [0.25, 0.3) is 0 Å². The molecule has 1 N–H and O–H groups in total. The SMILES string of the molecule is C=C1C(=O)O[C@H]2C=C(C)[C@@H](OC(C)=O)CC=C(COC(C)=O)C[C@@H](OC(=O)C(C)=CCO)[C@H]12. The van der Waals surface area contributed by atoms with Crippen molar-refractivity contribution in [3.05, 3.63) is 47.1 Å². The highest BCUT2D eigenvalue weighted by Gasteiger charge is 2.45. The first kappa shape index (κ1) is 26.1. The Morgan fingerprint density at radius 3 is 2.52 bits per heavy atom. The van der Waals surface area contributed by atoms with Gasteiger partial charge in [0.25, 0.3) is 0 Å². The van der Waals surface area contributed by atoms with Crippen LogP contribution >= 0.6 is 0 Å². The highest BCUT2D eigenvalue weighted by Crippen LogP contribution is 2.37. The molecule has 0 spiro atoms. The maximum atomic E-state index is 12.6. The molecule has 0 aromatic rings. The minimum atomic E-state index is -0.861. The molecule has 1 fully saturated rings. The molecule has 4 atom stereocenters. The summed E-state index contributed by atoms with van der Waals surface area (Å²) in [6, 6.07) is 0. The van der Waals surface area contributed by atoms with Gasteiger partial charge < -0.3 is 24.1 Å². The van der Waals surface area contributed by atoms with E-state index < -0.39 is 48.1 Å². The fraction of sp³-hybridized carbons (Fsp3) is 0.500. The van der Waals surface area contributed by atoms with Gasteiger partial charge in [-0.2, -0.15) is 0 Å². The molecular weight excluding hydrogens is 432 g/mol. The summed E-state index contributed by atoms with van der Waals surface area (Å²) in [5, 5.41) is 9.09. The monoisotopic (exact) mass is 462 g/mol. The van der Waals surface area contributed by atoms with Gasteiger partial charge in [-0.25, -0.2) is 9.59 Å². The van der Waals surface area contributed by atoms with Gasteiger partial charge in [0.1, 0.15) is 24.9 Å². The van der Waals surface area contributed by atoms with Crippen molar-refractivity contribution in [2.45, 2.75) is 58.8 Å². The number of esters is 4. The van der Waals surface area contributed by atoms with Gasteiger partial charge in [0, 0.05) is 37.8 Å². The number of carbonyl (C=O) groups is 4. The van der Waals surface area contributed by atoms with E-state index in [1.165, 1.54) is 26.8 Å². The third kappa shape index (κ3) is 7.15. The van der Waals surface area contributed by atoms with Crippen molar-refractivity contribution in [3.63, 3.8) is 0 Å². The molecule has 1 aliphatic heterocycles. The second-order valence-corrected chi connectivity index (χ2v) is 8.03. The zero-order valence-electron chi connectivity index (χ0n) is 19.3. The average Bonchev–Trinajstić information content (AvgIpc) is 3.00. The van der Waals surface area contributed by atoms with Gasteiger partial charge in [-0.1, -0.05) is 12.7 Å². The van der Waals surface area contributed by atoms with E-state index >= 15 is 0 Å². The van der Waals surface area contributed by atoms with E-state index in [1.54, 1.807) is 19.1 Å². The first-order valence-corrected chi connectivity index (χ1v) is 10.6. The molecular formula is C24H30O9. The van der Waals surface area contributed by atoms with E-state index in [1.807, 2.05) is 0 Å². The minimum Gasteiger partial charge on any atom is -0.461 e. The van der Waals surface area contributed by atoms with E-state index in [-0.39, 0.29) is 37.2 Å². The normalized spacial score (nSPS) is 25.8. The van der Waals surface area contributed by atoms with E-state index in [2.05, 4.69) is 6.58 Å². The fourth-order valence-corrected chi connectivity index (χ4v) is 3.69. The number of carbonyl (C=O) groups excluding carboxylic acids is 4. The summed E-state index contributed by atoms with van der Waals surface area (Å²) in [4.78, 5) is 48.0. The first-order valence-electron chi connectivity index (χ1n) is 10.6. The molecule has 1 saturated heterocycles. The highest BCUT2D eigenvalue weighted by atomic mass is 16.6. The van der Waals surface area contributed by atoms with E-state index in [9.17, 15) is 19.2 Å². The predicted octanol–water partition coefficient (Wildman–Crippen LogP) is 2.10. The second-order valence-electron chi connectivity index (χ2n) is 8.03. The van der Waals surface area contributed by atoms with Gasteiger partial charge in [-0.15, -0.1) is 0 Å². The fourth-order valence-electron chi connectivity index (χ4n) is 3.69. The lowest BCUT2D eigenvalue weighted by Crippen LogP contribution is -2.35. The molecule has 33 heavy (non-hydrogen) atoms. The van der Waals surface area contributed by atoms with E-state index in [0.29, 0.717) is 11.1 Å². The van der Waals surface area contributed by atoms with Gasteiger partial charge in [-0.3, -0.25) is 9.59 Å². The smallest absolute Gasteiger partial charge is 0.334 e. The average molecular weight is 462 g/mol. The molecule has 0 radical (unpaired) electrons. The van der Waals surface area contributed by atoms with Crippen molar-refractivity contribution in [1.82, 2.24) is 0 Å². The molecule has 0 amide bonds. The summed E-state index contributed by atoms with van der Waals surface area (Å²) in [5.41, 5.74) is 1.61. The van der Waals surface area contributed by atoms with E-state index in [0.717, 1.165) is 0 Å². The predicted molar refractivity (Wildman–Crippen MR) is 116 cm³/mol. The second kappa shape index (κ2) is 11.6. The number of rotatable bonds is 6. The Morgan fingerprint density at radius 1 is 1.21 bits per heavy atom. The van der Waals surface area contributed by atoms with Crippen molar-refractivity contribution in [1.29, 1.82) is 0 Å². The standard InChI is InChI=1S/C24H30O9/c1-13(8-9-25)23(28)32-21-11-18(12-30-16(4)26)6-7-19(31-17(5)27)14(2)10-20-22(21)15(3)24(29)33-20/h6,8,10,19-22,25H,3,7,9,11-12H2,1-2,4-5H3/t19-,20-,21+,22+/m0/s1. The molecule has 9 heteroatoms. The van der Waals surface area contributed by atoms with Crippen molar-refractivity contribution in [3.8, 4) is 0 Å². The molecule has 0 aromatic carbocycles. The summed E-state index contributed by atoms with van der Waals surface area (Å²) in [6.07, 6.45) is 2.90. The summed E-state index contributed by atoms with van der Waals surface area (Å²) in [6.45, 7) is 9.26. The summed E-state index contributed by atoms with van der Waals surface area (Å²) < 4.78 is 21.8. The Bertz CT molecular complexity index is 909. The molecule has 1 heterocycles. The van der Waals surface area contributed by atoms with Gasteiger partial charge in [0.15, 0.2) is 0 Å². The third-order valence-electron chi connectivity index (χ3n) is 5.43. The number of aliphatic hydroxyl groups excluding tert-OH is 1. The Morgan fingerprint density at radius 2 is 1.91 bits per heavy atom. The van der Waals surface area contributed by atoms with Crippen LogP contribution in [0, 0.1) is 5.92 Å². The molecule has 9 nitrogen and oxygen atoms in total. The third-order valence-corrected chi connectivity index (χ3v) is 5.43. The lowest BCUT2D eigenvalue weighted by atomic mass is 9.85. The number of fused-ring (bicyclic) bond motifs is 1. The number of hydrogen-bond donors (Lipinski definition) is 1. The van der Waals surface area contributed by atoms with Crippen LogP contribution in [0.5, 0.6) is 0 Å². The molecule has 0 aromatic heterocycles. The topological polar surface area (TPSA) is 125 Å². The van der Waals surface area contributed by atoms with Gasteiger partial charge >= 0.3 is 23.9 Å². The zero-order chi connectivity index (χ0) is 24.7. The van der Waals surface area contributed by atoms with Crippen LogP contribution in [-0.2, 0) is 38.1 Å². The van der Waals surface area contributed by atoms with Crippen LogP contribution in [0.1, 0.15) is 40.5 Å². The molecule has 180 valence electrons. The van der Waals surface area contributed by atoms with Gasteiger partial charge in [0.05, 0.1) is 12.5 Å². The Hall–Kier alpha value is -3.20. The Kier molecular flexibility index (Phi) is 9.16. The molecule has 0 bridgehead atoms. The largest absolute Gasteiger partial charge is 0.461 e. The zero-order valence-corrected chi connectivity index (χ0v) is 19.3. The highest BCUT2D eigenvalue weighted by molar-refractivity contribution is 5.92. The minimum absolute atomic E-state index is 0.0664. The maximum absolute atomic E-state index is 12.6. The lowest BCUT2D eigenvalue weighted by Gasteiger charge is -2.29. The van der Waals surface area contributed by atoms with Crippen molar-refractivity contribution < 1.29 is 43.2 Å². The van der Waals surface area contributed by atoms with Gasteiger partial charge in [-0.05, 0) is 37.1 Å². The first-order chi connectivity index (χ1) is 15.5. The van der Waals surface area contributed by atoms with Crippen LogP contribution < -0.4 is 0 Å². The quantitative estimate of drug-likeness (QED) is 0.273. The summed E-state index contributed by atoms with van der Waals surface area (Å²) >= 11 is 0. The van der Waals surface area contributed by atoms with Crippen molar-refractivity contribution in [2.24, 2.45) is 5.92 Å². The van der Waals surface area contributed by atoms with Crippen LogP contribution in [0.2, 0.25) is 0 Å². The van der Waals surface area contributed by atoms with Crippen LogP contribution in [0.15, 0.2) is 47.1 Å². The number of aliphatic hydroxyl groups is 1.